The number of carboxylic acids is 2. The quantitative estimate of drug-likeness (QED) is 0.0814. The molecule has 0 radical (unpaired) electrons. The highest BCUT2D eigenvalue weighted by molar-refractivity contribution is 6.35. The molecule has 2 aromatic carbocycles. The molecule has 2 saturated carbocycles. The third-order valence-corrected chi connectivity index (χ3v) is 13.7. The molecule has 65 heavy (non-hydrogen) atoms. The van der Waals surface area contributed by atoms with Gasteiger partial charge in [0.25, 0.3) is 0 Å². The number of nitrogens with zero attached hydrogens (tertiary/aromatic N) is 4. The first-order valence-electron chi connectivity index (χ1n) is 21.5. The van der Waals surface area contributed by atoms with E-state index >= 15 is 0 Å². The van der Waals surface area contributed by atoms with Crippen LogP contribution in [0.3, 0.4) is 0 Å². The van der Waals surface area contributed by atoms with Gasteiger partial charge in [0.2, 0.25) is 11.8 Å². The molecule has 6 heterocycles. The van der Waals surface area contributed by atoms with Crippen LogP contribution >= 0.6 is 23.2 Å². The Labute approximate surface area is 385 Å². The minimum Gasteiger partial charge on any atom is -0.480 e. The number of methoxy groups -OCH3 is 2. The number of pyridine rings is 2. The topological polar surface area (TPSA) is 209 Å². The summed E-state index contributed by atoms with van der Waals surface area (Å²) in [6, 6.07) is 15.1. The van der Waals surface area contributed by atoms with E-state index in [0.717, 1.165) is 69.1 Å². The van der Waals surface area contributed by atoms with E-state index < -0.39 is 17.5 Å². The van der Waals surface area contributed by atoms with Gasteiger partial charge in [-0.3, -0.25) is 4.79 Å². The summed E-state index contributed by atoms with van der Waals surface area (Å²) in [5.74, 6) is 0.837. The standard InChI is InChI=1S/C27H30ClN3O5.C21H21ClN4O3/c1-26(2,3)36-23(32)7-15-10-27(11-15)13-31(14-27)22-6-5-16(24(30-22)35-4)17-8-18-19(25(33)34)12-29-21(18)9-20(17)28;1-29-19-12(2-3-18(25-19)26-9-21(10-26)6-11(23)7-21)13-4-14-15(20(27)28)8-24-17(14)5-16(13)22/h5-6,8-9,12,15,29H,7,10-11,13-14H2,1-4H3,(H,33,34);2-5,8,11,24H,6-7,9-10,23H2,1H3,(H,27,28). The molecule has 2 aliphatic carbocycles. The number of nitrogens with two attached hydrogens (primary N) is 1. The van der Waals surface area contributed by atoms with Crippen molar-refractivity contribution in [2.45, 2.75) is 64.5 Å². The van der Waals surface area contributed by atoms with Crippen LogP contribution in [0.1, 0.15) is 73.6 Å². The van der Waals surface area contributed by atoms with Crippen molar-refractivity contribution in [3.63, 3.8) is 0 Å². The number of esters is 1. The zero-order valence-corrected chi connectivity index (χ0v) is 38.3. The molecule has 0 unspecified atom stereocenters. The number of hydrogen-bond donors (Lipinski definition) is 5. The van der Waals surface area contributed by atoms with Crippen molar-refractivity contribution in [2.75, 3.05) is 50.2 Å². The van der Waals surface area contributed by atoms with Gasteiger partial charge in [0, 0.05) is 106 Å². The average Bonchev–Trinajstić information content (AvgIpc) is 3.81. The number of carbonyl (C=O) groups excluding carboxylic acids is 1. The lowest BCUT2D eigenvalue weighted by Gasteiger charge is -2.59. The van der Waals surface area contributed by atoms with Crippen molar-refractivity contribution >= 4 is 74.6 Å². The van der Waals surface area contributed by atoms with Gasteiger partial charge in [-0.25, -0.2) is 9.59 Å². The number of carboxylic acid groups (broad SMARTS) is 2. The van der Waals surface area contributed by atoms with E-state index in [1.165, 1.54) is 12.4 Å². The number of halogens is 2. The highest BCUT2D eigenvalue weighted by Crippen LogP contribution is 2.54. The van der Waals surface area contributed by atoms with Crippen LogP contribution < -0.4 is 25.0 Å². The smallest absolute Gasteiger partial charge is 0.337 e. The van der Waals surface area contributed by atoms with Crippen molar-refractivity contribution in [3.8, 4) is 34.0 Å². The first-order chi connectivity index (χ1) is 30.9. The molecule has 6 N–H and O–H groups in total. The third-order valence-electron chi connectivity index (χ3n) is 13.1. The number of aromatic nitrogens is 4. The van der Waals surface area contributed by atoms with Gasteiger partial charge in [-0.1, -0.05) is 23.2 Å². The Morgan fingerprint density at radius 3 is 1.54 bits per heavy atom. The van der Waals surface area contributed by atoms with E-state index in [1.807, 2.05) is 45.0 Å². The molecule has 6 aromatic rings. The molecule has 0 amide bonds. The molecule has 0 bridgehead atoms. The van der Waals surface area contributed by atoms with Gasteiger partial charge < -0.3 is 49.9 Å². The van der Waals surface area contributed by atoms with Gasteiger partial charge in [0.05, 0.1) is 35.4 Å². The second kappa shape index (κ2) is 16.4. The van der Waals surface area contributed by atoms with Gasteiger partial charge in [0.15, 0.2) is 0 Å². The molecule has 17 heteroatoms. The fourth-order valence-corrected chi connectivity index (χ4v) is 10.9. The molecule has 2 saturated heterocycles. The summed E-state index contributed by atoms with van der Waals surface area (Å²) in [7, 11) is 3.13. The van der Waals surface area contributed by atoms with Crippen LogP contribution in [0.4, 0.5) is 11.6 Å². The van der Waals surface area contributed by atoms with Crippen molar-refractivity contribution in [3.05, 3.63) is 82.1 Å². The predicted octanol–water partition coefficient (Wildman–Crippen LogP) is 9.06. The van der Waals surface area contributed by atoms with E-state index in [1.54, 1.807) is 38.5 Å². The number of aromatic carboxylic acids is 2. The van der Waals surface area contributed by atoms with E-state index in [0.29, 0.717) is 84.1 Å². The molecule has 15 nitrogen and oxygen atoms in total. The van der Waals surface area contributed by atoms with Crippen LogP contribution in [0.5, 0.6) is 11.8 Å². The van der Waals surface area contributed by atoms with Crippen molar-refractivity contribution in [1.82, 2.24) is 19.9 Å². The molecular weight excluding hydrogens is 873 g/mol. The van der Waals surface area contributed by atoms with Crippen molar-refractivity contribution < 1.29 is 38.8 Å². The number of carbonyl (C=O) groups is 3. The minimum atomic E-state index is -1.01. The SMILES string of the molecule is COc1nc(N2CC3(CC(CC(=O)OC(C)(C)C)C3)C2)ccc1-c1cc2c(C(=O)O)c[nH]c2cc1Cl.COc1nc(N2CC3(CC(N)C3)C2)ccc1-c1cc2c(C(=O)O)c[nH]c2cc1Cl. The van der Waals surface area contributed by atoms with E-state index in [-0.39, 0.29) is 22.5 Å². The maximum Gasteiger partial charge on any atom is 0.337 e. The lowest BCUT2D eigenvalue weighted by molar-refractivity contribution is -0.158. The van der Waals surface area contributed by atoms with Crippen LogP contribution in [0, 0.1) is 16.7 Å². The number of ether oxygens (including phenoxy) is 3. The Bertz CT molecular complexity index is 2860. The number of nitrogens with one attached hydrogen (secondary N) is 2. The maximum atomic E-state index is 12.1. The molecule has 340 valence electrons. The van der Waals surface area contributed by atoms with E-state index in [2.05, 4.69) is 24.8 Å². The van der Waals surface area contributed by atoms with Crippen LogP contribution in [0.15, 0.2) is 60.9 Å². The monoisotopic (exact) mass is 923 g/mol. The van der Waals surface area contributed by atoms with E-state index in [4.69, 9.17) is 48.1 Å². The first kappa shape index (κ1) is 44.2. The van der Waals surface area contributed by atoms with Gasteiger partial charge in [-0.05, 0) is 101 Å². The van der Waals surface area contributed by atoms with Crippen LogP contribution in [0.2, 0.25) is 10.0 Å². The Morgan fingerprint density at radius 1 is 0.723 bits per heavy atom. The molecule has 4 fully saturated rings. The predicted molar refractivity (Wildman–Crippen MR) is 250 cm³/mol. The fourth-order valence-electron chi connectivity index (χ4n) is 10.3. The third kappa shape index (κ3) is 8.41. The Hall–Kier alpha value is -6.03. The normalized spacial score (nSPS) is 17.5. The number of rotatable bonds is 10. The Morgan fingerprint density at radius 2 is 1.15 bits per heavy atom. The molecule has 0 atom stereocenters. The number of hydrogen-bond acceptors (Lipinski definition) is 11. The van der Waals surface area contributed by atoms with Crippen molar-refractivity contribution in [1.29, 1.82) is 0 Å². The van der Waals surface area contributed by atoms with Gasteiger partial charge in [-0.15, -0.1) is 0 Å². The summed E-state index contributed by atoms with van der Waals surface area (Å²) in [4.78, 5) is 55.0. The van der Waals surface area contributed by atoms with Crippen LogP contribution in [-0.2, 0) is 9.53 Å². The number of H-pyrrole nitrogens is 2. The average molecular weight is 925 g/mol. The Kier molecular flexibility index (Phi) is 11.2. The second-order valence-corrected chi connectivity index (χ2v) is 20.0. The van der Waals surface area contributed by atoms with E-state index in [9.17, 15) is 24.6 Å². The molecular formula is C48H51Cl2N7O8. The summed E-state index contributed by atoms with van der Waals surface area (Å²) >= 11 is 13.1. The molecule has 2 aliphatic heterocycles. The lowest BCUT2D eigenvalue weighted by atomic mass is 9.57. The van der Waals surface area contributed by atoms with Gasteiger partial charge >= 0.3 is 17.9 Å². The highest BCUT2D eigenvalue weighted by atomic mass is 35.5. The summed E-state index contributed by atoms with van der Waals surface area (Å²) in [5.41, 5.74) is 10.6. The molecule has 2 spiro atoms. The lowest BCUT2D eigenvalue weighted by Crippen LogP contribution is -2.65. The minimum absolute atomic E-state index is 0.118. The number of fused-ring (bicyclic) bond motifs is 2. The zero-order valence-electron chi connectivity index (χ0n) is 36.8. The number of aromatic amines is 2. The van der Waals surface area contributed by atoms with Crippen molar-refractivity contribution in [2.24, 2.45) is 22.5 Å². The summed E-state index contributed by atoms with van der Waals surface area (Å²) in [6.07, 6.45) is 7.62. The van der Waals surface area contributed by atoms with Gasteiger partial charge in [-0.2, -0.15) is 9.97 Å². The molecule has 4 aliphatic rings. The first-order valence-corrected chi connectivity index (χ1v) is 22.3. The summed E-state index contributed by atoms with van der Waals surface area (Å²) in [6.45, 7) is 9.40. The largest absolute Gasteiger partial charge is 0.480 e. The maximum absolute atomic E-state index is 12.1. The summed E-state index contributed by atoms with van der Waals surface area (Å²) < 4.78 is 16.6. The summed E-state index contributed by atoms with van der Waals surface area (Å²) in [5, 5.41) is 21.0. The fraction of sp³-hybridized carbons (Fsp3) is 0.396. The van der Waals surface area contributed by atoms with Crippen LogP contribution in [0.25, 0.3) is 44.1 Å². The number of benzene rings is 2. The second-order valence-electron chi connectivity index (χ2n) is 19.2. The zero-order chi connectivity index (χ0) is 46.2. The number of anilines is 2. The van der Waals surface area contributed by atoms with Gasteiger partial charge in [0.1, 0.15) is 17.2 Å². The van der Waals surface area contributed by atoms with Crippen LogP contribution in [-0.4, -0.2) is 100 Å². The highest BCUT2D eigenvalue weighted by Gasteiger charge is 2.53. The Balaban J connectivity index is 0.000000168. The molecule has 10 rings (SSSR count). The molecule has 4 aromatic heterocycles.